The van der Waals surface area contributed by atoms with E-state index in [1.54, 1.807) is 0 Å². The van der Waals surface area contributed by atoms with Crippen molar-refractivity contribution in [1.29, 1.82) is 0 Å². The van der Waals surface area contributed by atoms with Crippen molar-refractivity contribution in [2.75, 3.05) is 0 Å². The van der Waals surface area contributed by atoms with Crippen LogP contribution in [0.25, 0.3) is 0 Å². The fourth-order valence-electron chi connectivity index (χ4n) is 1.05. The summed E-state index contributed by atoms with van der Waals surface area (Å²) in [4.78, 5) is 21.0. The Kier molecular flexibility index (Phi) is 5.14. The van der Waals surface area contributed by atoms with Gasteiger partial charge in [0.1, 0.15) is 0 Å². The molecule has 0 aromatic heterocycles. The normalized spacial score (nSPS) is 14.6. The molecule has 0 radical (unpaired) electrons. The van der Waals surface area contributed by atoms with Crippen LogP contribution in [0.4, 0.5) is 4.79 Å². The van der Waals surface area contributed by atoms with Crippen LogP contribution in [0.15, 0.2) is 0 Å². The van der Waals surface area contributed by atoms with E-state index in [0.717, 1.165) is 0 Å². The lowest BCUT2D eigenvalue weighted by Gasteiger charge is -2.19. The molecule has 0 saturated carbocycles. The molecular formula is C7H14BNO4. The maximum Gasteiger partial charge on any atom is 0.334 e. The van der Waals surface area contributed by atoms with E-state index in [4.69, 9.17) is 10.2 Å². The number of carbonyl (C=O) groups excluding carboxylic acids is 1. The summed E-state index contributed by atoms with van der Waals surface area (Å²) in [6, 6.07) is -0.694. The molecule has 5 nitrogen and oxygen atoms in total. The van der Waals surface area contributed by atoms with Gasteiger partial charge in [-0.1, -0.05) is 13.3 Å². The van der Waals surface area contributed by atoms with Crippen molar-refractivity contribution >= 4 is 19.6 Å². The molecule has 0 aromatic rings. The van der Waals surface area contributed by atoms with Crippen LogP contribution >= 0.6 is 0 Å². The Morgan fingerprint density at radius 1 is 1.54 bits per heavy atom. The van der Waals surface area contributed by atoms with Gasteiger partial charge in [-0.2, -0.15) is 0 Å². The van der Waals surface area contributed by atoms with Crippen LogP contribution < -0.4 is 5.32 Å². The minimum absolute atomic E-state index is 0.334. The molecule has 1 amide bonds. The zero-order valence-corrected chi connectivity index (χ0v) is 7.78. The predicted molar refractivity (Wildman–Crippen MR) is 49.4 cm³/mol. The van der Waals surface area contributed by atoms with Crippen molar-refractivity contribution in [3.05, 3.63) is 0 Å². The second-order valence-electron chi connectivity index (χ2n) is 2.88. The Morgan fingerprint density at radius 2 is 2.08 bits per heavy atom. The summed E-state index contributed by atoms with van der Waals surface area (Å²) in [6.45, 7) is 1.85. The average molecular weight is 187 g/mol. The molecule has 3 N–H and O–H groups in total. The van der Waals surface area contributed by atoms with Gasteiger partial charge < -0.3 is 15.5 Å². The number of aliphatic carboxylic acids is 1. The lowest BCUT2D eigenvalue weighted by molar-refractivity contribution is -0.148. The van der Waals surface area contributed by atoms with Crippen LogP contribution in [0.5, 0.6) is 0 Å². The number of aliphatic hydroxyl groups is 1. The van der Waals surface area contributed by atoms with Gasteiger partial charge >= 0.3 is 5.97 Å². The monoisotopic (exact) mass is 187 g/mol. The molecule has 0 aliphatic carbocycles. The zero-order chi connectivity index (χ0) is 10.4. The first kappa shape index (κ1) is 12.0. The topological polar surface area (TPSA) is 86.6 Å². The molecule has 0 heterocycles. The van der Waals surface area contributed by atoms with Gasteiger partial charge in [-0.05, 0) is 6.42 Å². The second kappa shape index (κ2) is 5.58. The number of amides is 1. The smallest absolute Gasteiger partial charge is 0.334 e. The highest BCUT2D eigenvalue weighted by Gasteiger charge is 2.25. The van der Waals surface area contributed by atoms with Gasteiger partial charge in [-0.3, -0.25) is 4.79 Å². The Morgan fingerprint density at radius 3 is 2.38 bits per heavy atom. The third kappa shape index (κ3) is 4.52. The Bertz CT molecular complexity index is 197. The Labute approximate surface area is 77.5 Å². The molecule has 0 fully saturated rings. The van der Waals surface area contributed by atoms with Gasteiger partial charge in [0.05, 0.1) is 6.04 Å². The SMILES string of the molecule is BC(=O)NC(CCC)C(O)C(=O)O. The van der Waals surface area contributed by atoms with Gasteiger partial charge in [0, 0.05) is 0 Å². The molecule has 2 unspecified atom stereocenters. The van der Waals surface area contributed by atoms with Crippen molar-refractivity contribution < 1.29 is 19.8 Å². The number of rotatable bonds is 5. The molecule has 0 aliphatic heterocycles. The average Bonchev–Trinajstić information content (AvgIpc) is 2.01. The van der Waals surface area contributed by atoms with E-state index in [0.29, 0.717) is 12.8 Å². The summed E-state index contributed by atoms with van der Waals surface area (Å²) >= 11 is 0. The quantitative estimate of drug-likeness (QED) is 0.479. The van der Waals surface area contributed by atoms with E-state index < -0.39 is 18.1 Å². The minimum Gasteiger partial charge on any atom is -0.479 e. The highest BCUT2D eigenvalue weighted by atomic mass is 16.4. The van der Waals surface area contributed by atoms with Crippen molar-refractivity contribution in [3.63, 3.8) is 0 Å². The number of carbonyl (C=O) groups is 2. The fraction of sp³-hybridized carbons (Fsp3) is 0.714. The second-order valence-corrected chi connectivity index (χ2v) is 2.88. The van der Waals surface area contributed by atoms with Crippen LogP contribution in [0.3, 0.4) is 0 Å². The van der Waals surface area contributed by atoms with E-state index in [2.05, 4.69) is 5.32 Å². The van der Waals surface area contributed by atoms with Crippen molar-refractivity contribution in [3.8, 4) is 0 Å². The van der Waals surface area contributed by atoms with Crippen LogP contribution in [-0.4, -0.2) is 42.0 Å². The van der Waals surface area contributed by atoms with Crippen molar-refractivity contribution in [1.82, 2.24) is 5.32 Å². The lowest BCUT2D eigenvalue weighted by atomic mass is 10.0. The fourth-order valence-corrected chi connectivity index (χ4v) is 1.05. The molecule has 0 bridgehead atoms. The molecule has 74 valence electrons. The first-order valence-electron chi connectivity index (χ1n) is 4.17. The predicted octanol–water partition coefficient (Wildman–Crippen LogP) is -1.06. The number of nitrogens with one attached hydrogen (secondary N) is 1. The van der Waals surface area contributed by atoms with Gasteiger partial charge in [0.2, 0.25) is 7.85 Å². The highest BCUT2D eigenvalue weighted by Crippen LogP contribution is 2.02. The van der Waals surface area contributed by atoms with Crippen LogP contribution in [0.1, 0.15) is 19.8 Å². The number of aliphatic hydroxyl groups excluding tert-OH is 1. The number of hydrogen-bond acceptors (Lipinski definition) is 3. The van der Waals surface area contributed by atoms with Crippen molar-refractivity contribution in [2.45, 2.75) is 31.9 Å². The summed E-state index contributed by atoms with van der Waals surface area (Å²) < 4.78 is 0. The summed E-state index contributed by atoms with van der Waals surface area (Å²) in [7, 11) is 1.29. The van der Waals surface area contributed by atoms with Crippen LogP contribution in [-0.2, 0) is 4.79 Å². The van der Waals surface area contributed by atoms with Gasteiger partial charge in [-0.25, -0.2) is 4.79 Å². The summed E-state index contributed by atoms with van der Waals surface area (Å²) in [5.74, 6) is -1.65. The molecule has 0 aliphatic rings. The number of carboxylic acids is 1. The number of carboxylic acid groups (broad SMARTS) is 1. The molecule has 2 atom stereocenters. The van der Waals surface area contributed by atoms with E-state index in [1.807, 2.05) is 6.92 Å². The van der Waals surface area contributed by atoms with E-state index in [1.165, 1.54) is 7.85 Å². The Balaban J connectivity index is 4.22. The summed E-state index contributed by atoms with van der Waals surface area (Å²) in [5.41, 5.74) is 0. The minimum atomic E-state index is -1.52. The van der Waals surface area contributed by atoms with E-state index in [9.17, 15) is 9.59 Å². The molecular weight excluding hydrogens is 173 g/mol. The number of hydrogen-bond donors (Lipinski definition) is 3. The van der Waals surface area contributed by atoms with Crippen LogP contribution in [0.2, 0.25) is 0 Å². The molecule has 6 heteroatoms. The zero-order valence-electron chi connectivity index (χ0n) is 7.78. The molecule has 0 rings (SSSR count). The van der Waals surface area contributed by atoms with E-state index in [-0.39, 0.29) is 5.81 Å². The third-order valence-corrected chi connectivity index (χ3v) is 1.62. The standard InChI is InChI=1S/C7H14BNO4/c1-2-3-4(9-7(8)13)5(10)6(11)12/h4-5,10H,2-3,8H2,1H3,(H,9,13)(H,11,12). The first-order chi connectivity index (χ1) is 5.99. The summed E-state index contributed by atoms with van der Waals surface area (Å²) in [5, 5.41) is 20.0. The maximum absolute atomic E-state index is 10.6. The maximum atomic E-state index is 10.6. The highest BCUT2D eigenvalue weighted by molar-refractivity contribution is 6.57. The van der Waals surface area contributed by atoms with E-state index >= 15 is 0 Å². The molecule has 13 heavy (non-hydrogen) atoms. The largest absolute Gasteiger partial charge is 0.479 e. The third-order valence-electron chi connectivity index (χ3n) is 1.62. The van der Waals surface area contributed by atoms with Gasteiger partial charge in [0.25, 0.3) is 0 Å². The Hall–Kier alpha value is -1.04. The summed E-state index contributed by atoms with van der Waals surface area (Å²) in [6.07, 6.45) is -0.369. The molecule has 0 aromatic carbocycles. The van der Waals surface area contributed by atoms with Crippen molar-refractivity contribution in [2.24, 2.45) is 0 Å². The van der Waals surface area contributed by atoms with Gasteiger partial charge in [0.15, 0.2) is 11.9 Å². The molecule has 0 spiro atoms. The lowest BCUT2D eigenvalue weighted by Crippen LogP contribution is -2.46. The van der Waals surface area contributed by atoms with Crippen LogP contribution in [0, 0.1) is 0 Å². The molecule has 0 saturated heterocycles. The first-order valence-corrected chi connectivity index (χ1v) is 4.17. The van der Waals surface area contributed by atoms with Gasteiger partial charge in [-0.15, -0.1) is 0 Å².